The lowest BCUT2D eigenvalue weighted by Crippen LogP contribution is -2.46. The summed E-state index contributed by atoms with van der Waals surface area (Å²) in [5.41, 5.74) is 2.52. The van der Waals surface area contributed by atoms with Gasteiger partial charge in [0, 0.05) is 31.4 Å². The van der Waals surface area contributed by atoms with Crippen LogP contribution in [0.5, 0.6) is 0 Å². The Morgan fingerprint density at radius 2 is 1.81 bits per heavy atom. The monoisotopic (exact) mass is 370 g/mol. The third-order valence-corrected chi connectivity index (χ3v) is 5.61. The Morgan fingerprint density at radius 3 is 2.63 bits per heavy atom. The predicted octanol–water partition coefficient (Wildman–Crippen LogP) is 4.16. The Balaban J connectivity index is 1.49. The van der Waals surface area contributed by atoms with Crippen LogP contribution in [0, 0.1) is 17.6 Å². The number of anilines is 1. The summed E-state index contributed by atoms with van der Waals surface area (Å²) in [6, 6.07) is 12.7. The van der Waals surface area contributed by atoms with Crippen LogP contribution in [0.4, 0.5) is 14.5 Å². The van der Waals surface area contributed by atoms with E-state index >= 15 is 0 Å². The Hall–Kier alpha value is -2.27. The standard InChI is InChI=1S/C22H24F2N2O/c23-19-12-17-8-5-11-26(21(17)13-20(19)24)22(27)18-9-4-10-25(15-18)14-16-6-2-1-3-7-16/h1-3,6-7,12-13,18H,4-5,8-11,14-15H2/t18-/m1/s1. The number of halogens is 2. The summed E-state index contributed by atoms with van der Waals surface area (Å²) in [4.78, 5) is 17.2. The molecule has 1 saturated heterocycles. The fraction of sp³-hybridized carbons (Fsp3) is 0.409. The molecule has 27 heavy (non-hydrogen) atoms. The second kappa shape index (κ2) is 7.77. The van der Waals surface area contributed by atoms with Gasteiger partial charge in [-0.15, -0.1) is 0 Å². The highest BCUT2D eigenvalue weighted by molar-refractivity contribution is 5.96. The summed E-state index contributed by atoms with van der Waals surface area (Å²) < 4.78 is 27.3. The molecule has 5 heteroatoms. The summed E-state index contributed by atoms with van der Waals surface area (Å²) in [5.74, 6) is -1.78. The van der Waals surface area contributed by atoms with Crippen LogP contribution in [0.1, 0.15) is 30.4 Å². The second-order valence-corrected chi connectivity index (χ2v) is 7.55. The first-order valence-electron chi connectivity index (χ1n) is 9.67. The molecular weight excluding hydrogens is 346 g/mol. The Kier molecular flexibility index (Phi) is 5.21. The van der Waals surface area contributed by atoms with E-state index in [2.05, 4.69) is 17.0 Å². The van der Waals surface area contributed by atoms with Crippen molar-refractivity contribution >= 4 is 11.6 Å². The minimum absolute atomic E-state index is 0.0414. The maximum absolute atomic E-state index is 13.8. The van der Waals surface area contributed by atoms with Crippen LogP contribution >= 0.6 is 0 Å². The first-order chi connectivity index (χ1) is 13.1. The predicted molar refractivity (Wildman–Crippen MR) is 101 cm³/mol. The highest BCUT2D eigenvalue weighted by Gasteiger charge is 2.32. The van der Waals surface area contributed by atoms with E-state index in [4.69, 9.17) is 0 Å². The van der Waals surface area contributed by atoms with Gasteiger partial charge in [-0.2, -0.15) is 0 Å². The lowest BCUT2D eigenvalue weighted by Gasteiger charge is -2.37. The van der Waals surface area contributed by atoms with E-state index in [9.17, 15) is 13.6 Å². The smallest absolute Gasteiger partial charge is 0.231 e. The van der Waals surface area contributed by atoms with Gasteiger partial charge in [0.1, 0.15) is 0 Å². The van der Waals surface area contributed by atoms with Gasteiger partial charge in [0.25, 0.3) is 0 Å². The summed E-state index contributed by atoms with van der Waals surface area (Å²) in [6.07, 6.45) is 3.28. The number of hydrogen-bond acceptors (Lipinski definition) is 2. The van der Waals surface area contributed by atoms with Crippen LogP contribution in [0.25, 0.3) is 0 Å². The summed E-state index contributed by atoms with van der Waals surface area (Å²) in [5, 5.41) is 0. The van der Waals surface area contributed by atoms with Crippen molar-refractivity contribution in [3.8, 4) is 0 Å². The van der Waals surface area contributed by atoms with Crippen LogP contribution < -0.4 is 4.90 Å². The molecule has 3 nitrogen and oxygen atoms in total. The Labute approximate surface area is 158 Å². The van der Waals surface area contributed by atoms with E-state index in [0.29, 0.717) is 25.2 Å². The number of piperidine rings is 1. The molecule has 4 rings (SSSR count). The maximum Gasteiger partial charge on any atom is 0.231 e. The van der Waals surface area contributed by atoms with E-state index in [0.717, 1.165) is 37.9 Å². The molecule has 2 aromatic carbocycles. The van der Waals surface area contributed by atoms with Gasteiger partial charge < -0.3 is 4.90 Å². The maximum atomic E-state index is 13.8. The zero-order valence-corrected chi connectivity index (χ0v) is 15.3. The van der Waals surface area contributed by atoms with Gasteiger partial charge in [-0.3, -0.25) is 9.69 Å². The van der Waals surface area contributed by atoms with Crippen molar-refractivity contribution in [3.05, 3.63) is 65.2 Å². The molecule has 0 N–H and O–H groups in total. The molecule has 2 heterocycles. The lowest BCUT2D eigenvalue weighted by atomic mass is 9.93. The van der Waals surface area contributed by atoms with Crippen molar-refractivity contribution in [2.24, 2.45) is 5.92 Å². The van der Waals surface area contributed by atoms with Gasteiger partial charge in [0.2, 0.25) is 5.91 Å². The molecule has 0 bridgehead atoms. The van der Waals surface area contributed by atoms with Crippen molar-refractivity contribution in [3.63, 3.8) is 0 Å². The number of carbonyl (C=O) groups is 1. The normalized spacial score (nSPS) is 20.4. The molecule has 0 aliphatic carbocycles. The molecule has 2 aliphatic rings. The minimum atomic E-state index is -0.886. The number of carbonyl (C=O) groups excluding carboxylic acids is 1. The van der Waals surface area contributed by atoms with Gasteiger partial charge in [0.05, 0.1) is 5.92 Å². The fourth-order valence-corrected chi connectivity index (χ4v) is 4.27. The van der Waals surface area contributed by atoms with Crippen LogP contribution in [-0.4, -0.2) is 30.4 Å². The lowest BCUT2D eigenvalue weighted by molar-refractivity contribution is -0.124. The van der Waals surface area contributed by atoms with E-state index in [1.165, 1.54) is 17.7 Å². The number of fused-ring (bicyclic) bond motifs is 1. The average molecular weight is 370 g/mol. The summed E-state index contributed by atoms with van der Waals surface area (Å²) >= 11 is 0. The van der Waals surface area contributed by atoms with Gasteiger partial charge in [-0.25, -0.2) is 8.78 Å². The van der Waals surface area contributed by atoms with Crippen LogP contribution in [0.3, 0.4) is 0 Å². The van der Waals surface area contributed by atoms with Gasteiger partial charge >= 0.3 is 0 Å². The molecule has 2 aliphatic heterocycles. The van der Waals surface area contributed by atoms with Gasteiger partial charge in [-0.05, 0) is 49.4 Å². The second-order valence-electron chi connectivity index (χ2n) is 7.55. The van der Waals surface area contributed by atoms with Gasteiger partial charge in [-0.1, -0.05) is 30.3 Å². The third kappa shape index (κ3) is 3.88. The van der Waals surface area contributed by atoms with Crippen molar-refractivity contribution < 1.29 is 13.6 Å². The number of likely N-dealkylation sites (tertiary alicyclic amines) is 1. The van der Waals surface area contributed by atoms with Gasteiger partial charge in [0.15, 0.2) is 11.6 Å². The molecule has 1 amide bonds. The van der Waals surface area contributed by atoms with E-state index in [1.807, 2.05) is 18.2 Å². The van der Waals surface area contributed by atoms with Crippen molar-refractivity contribution in [1.29, 1.82) is 0 Å². The zero-order valence-electron chi connectivity index (χ0n) is 15.3. The van der Waals surface area contributed by atoms with Crippen LogP contribution in [0.15, 0.2) is 42.5 Å². The molecule has 1 fully saturated rings. The number of aryl methyl sites for hydroxylation is 1. The molecule has 0 aromatic heterocycles. The molecule has 142 valence electrons. The first kappa shape index (κ1) is 18.1. The quantitative estimate of drug-likeness (QED) is 0.810. The highest BCUT2D eigenvalue weighted by Crippen LogP contribution is 2.32. The summed E-state index contributed by atoms with van der Waals surface area (Å²) in [6.45, 7) is 3.10. The number of rotatable bonds is 3. The first-order valence-corrected chi connectivity index (χ1v) is 9.67. The zero-order chi connectivity index (χ0) is 18.8. The molecule has 0 unspecified atom stereocenters. The highest BCUT2D eigenvalue weighted by atomic mass is 19.2. The van der Waals surface area contributed by atoms with Crippen LogP contribution in [-0.2, 0) is 17.8 Å². The average Bonchev–Trinajstić information content (AvgIpc) is 2.69. The van der Waals surface area contributed by atoms with E-state index in [1.54, 1.807) is 4.90 Å². The van der Waals surface area contributed by atoms with Crippen molar-refractivity contribution in [2.45, 2.75) is 32.2 Å². The third-order valence-electron chi connectivity index (χ3n) is 5.61. The number of hydrogen-bond donors (Lipinski definition) is 0. The van der Waals surface area contributed by atoms with E-state index < -0.39 is 11.6 Å². The summed E-state index contributed by atoms with van der Waals surface area (Å²) in [7, 11) is 0. The van der Waals surface area contributed by atoms with Crippen LogP contribution in [0.2, 0.25) is 0 Å². The van der Waals surface area contributed by atoms with Crippen molar-refractivity contribution in [1.82, 2.24) is 4.90 Å². The number of nitrogens with zero attached hydrogens (tertiary/aromatic N) is 2. The molecular formula is C22H24F2N2O. The number of benzene rings is 2. The SMILES string of the molecule is O=C([C@@H]1CCCN(Cc2ccccc2)C1)N1CCCc2cc(F)c(F)cc21. The minimum Gasteiger partial charge on any atom is -0.312 e. The Morgan fingerprint density at radius 1 is 1.04 bits per heavy atom. The Bertz CT molecular complexity index is 825. The molecule has 0 radical (unpaired) electrons. The molecule has 2 aromatic rings. The van der Waals surface area contributed by atoms with E-state index in [-0.39, 0.29) is 11.8 Å². The fourth-order valence-electron chi connectivity index (χ4n) is 4.27. The topological polar surface area (TPSA) is 23.6 Å². The number of amides is 1. The van der Waals surface area contributed by atoms with Crippen molar-refractivity contribution in [2.75, 3.05) is 24.5 Å². The molecule has 0 spiro atoms. The largest absolute Gasteiger partial charge is 0.312 e. The molecule has 0 saturated carbocycles. The molecule has 1 atom stereocenters.